The van der Waals surface area contributed by atoms with E-state index in [1.807, 2.05) is 48.2 Å². The number of aromatic nitrogens is 1. The summed E-state index contributed by atoms with van der Waals surface area (Å²) in [6, 6.07) is 11.8. The molecule has 3 aromatic rings. The number of aromatic amines is 1. The maximum Gasteiger partial charge on any atom is 0.253 e. The summed E-state index contributed by atoms with van der Waals surface area (Å²) in [7, 11) is 0. The van der Waals surface area contributed by atoms with Gasteiger partial charge in [-0.3, -0.25) is 4.79 Å². The summed E-state index contributed by atoms with van der Waals surface area (Å²) in [4.78, 5) is 20.1. The second-order valence-corrected chi connectivity index (χ2v) is 8.15. The average Bonchev–Trinajstić information content (AvgIpc) is 3.27. The zero-order valence-electron chi connectivity index (χ0n) is 18.6. The number of benzene rings is 1. The molecule has 2 aromatic heterocycles. The molecule has 0 radical (unpaired) electrons. The molecule has 0 bridgehead atoms. The van der Waals surface area contributed by atoms with Gasteiger partial charge in [0.1, 0.15) is 5.76 Å². The standard InChI is InChI=1S/C24H32N4O2S/c1-4-27(5-2)12-7-11-25-24(31)28(17-21-8-6-13-30-21)16-20-15-19-10-9-18(3)14-22(19)26-23(20)29/h6,8-10,13-15H,4-5,7,11-12,16-17H2,1-3H3,(H,25,31)(H,26,29). The quantitative estimate of drug-likeness (QED) is 0.366. The number of fused-ring (bicyclic) bond motifs is 1. The van der Waals surface area contributed by atoms with Crippen molar-refractivity contribution in [2.75, 3.05) is 26.2 Å². The molecule has 166 valence electrons. The van der Waals surface area contributed by atoms with Crippen molar-refractivity contribution in [1.29, 1.82) is 0 Å². The van der Waals surface area contributed by atoms with Crippen LogP contribution in [0.15, 0.2) is 51.9 Å². The van der Waals surface area contributed by atoms with E-state index in [0.29, 0.717) is 23.8 Å². The lowest BCUT2D eigenvalue weighted by atomic mass is 10.1. The molecular formula is C24H32N4O2S. The van der Waals surface area contributed by atoms with Crippen molar-refractivity contribution in [2.45, 2.75) is 40.3 Å². The largest absolute Gasteiger partial charge is 0.467 e. The van der Waals surface area contributed by atoms with E-state index < -0.39 is 0 Å². The van der Waals surface area contributed by atoms with Crippen LogP contribution in [0.4, 0.5) is 0 Å². The first-order valence-corrected chi connectivity index (χ1v) is 11.3. The van der Waals surface area contributed by atoms with E-state index in [2.05, 4.69) is 29.0 Å². The van der Waals surface area contributed by atoms with Crippen LogP contribution >= 0.6 is 12.2 Å². The number of aryl methyl sites for hydroxylation is 1. The van der Waals surface area contributed by atoms with Gasteiger partial charge in [-0.15, -0.1) is 0 Å². The predicted octanol–water partition coefficient (Wildman–Crippen LogP) is 4.04. The van der Waals surface area contributed by atoms with E-state index in [1.165, 1.54) is 0 Å². The van der Waals surface area contributed by atoms with Crippen molar-refractivity contribution in [2.24, 2.45) is 0 Å². The summed E-state index contributed by atoms with van der Waals surface area (Å²) in [6.07, 6.45) is 2.66. The molecule has 0 amide bonds. The van der Waals surface area contributed by atoms with Crippen molar-refractivity contribution in [3.8, 4) is 0 Å². The molecule has 0 aliphatic rings. The smallest absolute Gasteiger partial charge is 0.253 e. The van der Waals surface area contributed by atoms with E-state index >= 15 is 0 Å². The fraction of sp³-hybridized carbons (Fsp3) is 0.417. The first-order valence-electron chi connectivity index (χ1n) is 10.9. The van der Waals surface area contributed by atoms with E-state index in [0.717, 1.165) is 54.8 Å². The Morgan fingerprint density at radius 2 is 1.97 bits per heavy atom. The highest BCUT2D eigenvalue weighted by Gasteiger charge is 2.15. The Labute approximate surface area is 189 Å². The highest BCUT2D eigenvalue weighted by Crippen LogP contribution is 2.15. The van der Waals surface area contributed by atoms with Crippen molar-refractivity contribution >= 4 is 28.2 Å². The predicted molar refractivity (Wildman–Crippen MR) is 130 cm³/mol. The van der Waals surface area contributed by atoms with Gasteiger partial charge in [-0.25, -0.2) is 0 Å². The van der Waals surface area contributed by atoms with Crippen molar-refractivity contribution in [1.82, 2.24) is 20.1 Å². The Kier molecular flexibility index (Phi) is 8.26. The second-order valence-electron chi connectivity index (χ2n) is 7.76. The molecule has 0 saturated heterocycles. The molecular weight excluding hydrogens is 408 g/mol. The Balaban J connectivity index is 1.72. The maximum atomic E-state index is 12.7. The van der Waals surface area contributed by atoms with Crippen LogP contribution in [0.25, 0.3) is 10.9 Å². The van der Waals surface area contributed by atoms with Crippen LogP contribution in [0.5, 0.6) is 0 Å². The van der Waals surface area contributed by atoms with Gasteiger partial charge in [0.05, 0.1) is 19.4 Å². The fourth-order valence-electron chi connectivity index (χ4n) is 3.62. The van der Waals surface area contributed by atoms with Gasteiger partial charge in [0, 0.05) is 17.6 Å². The van der Waals surface area contributed by atoms with Gasteiger partial charge >= 0.3 is 0 Å². The first-order chi connectivity index (χ1) is 15.0. The SMILES string of the molecule is CCN(CC)CCCNC(=S)N(Cc1ccco1)Cc1cc2ccc(C)cc2[nH]c1=O. The van der Waals surface area contributed by atoms with Gasteiger partial charge < -0.3 is 24.5 Å². The third-order valence-electron chi connectivity index (χ3n) is 5.48. The average molecular weight is 441 g/mol. The maximum absolute atomic E-state index is 12.7. The van der Waals surface area contributed by atoms with Crippen LogP contribution in [0.3, 0.4) is 0 Å². The molecule has 0 spiro atoms. The molecule has 0 atom stereocenters. The minimum absolute atomic E-state index is 0.0909. The monoisotopic (exact) mass is 440 g/mol. The van der Waals surface area contributed by atoms with Gasteiger partial charge in [-0.05, 0) is 80.4 Å². The molecule has 0 fully saturated rings. The minimum atomic E-state index is -0.0909. The third kappa shape index (κ3) is 6.42. The highest BCUT2D eigenvalue weighted by molar-refractivity contribution is 7.80. The molecule has 0 saturated carbocycles. The van der Waals surface area contributed by atoms with Crippen LogP contribution in [-0.2, 0) is 13.1 Å². The van der Waals surface area contributed by atoms with E-state index in [1.54, 1.807) is 6.26 Å². The molecule has 2 heterocycles. The van der Waals surface area contributed by atoms with Crippen molar-refractivity contribution in [3.63, 3.8) is 0 Å². The summed E-state index contributed by atoms with van der Waals surface area (Å²) in [5, 5.41) is 4.99. The van der Waals surface area contributed by atoms with Gasteiger partial charge in [0.25, 0.3) is 5.56 Å². The summed E-state index contributed by atoms with van der Waals surface area (Å²) >= 11 is 5.69. The molecule has 0 aliphatic carbocycles. The van der Waals surface area contributed by atoms with Crippen LogP contribution in [0, 0.1) is 6.92 Å². The summed E-state index contributed by atoms with van der Waals surface area (Å²) in [5.41, 5.74) is 2.55. The fourth-order valence-corrected chi connectivity index (χ4v) is 3.85. The van der Waals surface area contributed by atoms with Gasteiger partial charge in [0.2, 0.25) is 0 Å². The number of nitrogens with one attached hydrogen (secondary N) is 2. The lowest BCUT2D eigenvalue weighted by Gasteiger charge is -2.25. The number of thiocarbonyl (C=S) groups is 1. The Bertz CT molecular complexity index is 1040. The zero-order valence-corrected chi connectivity index (χ0v) is 19.4. The molecule has 1 aromatic carbocycles. The van der Waals surface area contributed by atoms with Crippen LogP contribution in [-0.4, -0.2) is 46.1 Å². The summed E-state index contributed by atoms with van der Waals surface area (Å²) in [6.45, 7) is 11.2. The summed E-state index contributed by atoms with van der Waals surface area (Å²) < 4.78 is 5.53. The Hall–Kier alpha value is -2.64. The first kappa shape index (κ1) is 23.0. The number of H-pyrrole nitrogens is 1. The second kappa shape index (κ2) is 11.1. The molecule has 3 rings (SSSR count). The lowest BCUT2D eigenvalue weighted by Crippen LogP contribution is -2.41. The van der Waals surface area contributed by atoms with Gasteiger partial charge in [-0.1, -0.05) is 26.0 Å². The van der Waals surface area contributed by atoms with Gasteiger partial charge in [-0.2, -0.15) is 0 Å². The van der Waals surface area contributed by atoms with Crippen LogP contribution in [0.1, 0.15) is 37.2 Å². The number of rotatable bonds is 10. The molecule has 6 nitrogen and oxygen atoms in total. The zero-order chi connectivity index (χ0) is 22.2. The van der Waals surface area contributed by atoms with Crippen LogP contribution in [0.2, 0.25) is 0 Å². The number of furan rings is 1. The summed E-state index contributed by atoms with van der Waals surface area (Å²) in [5.74, 6) is 0.806. The molecule has 7 heteroatoms. The highest BCUT2D eigenvalue weighted by atomic mass is 32.1. The van der Waals surface area contributed by atoms with E-state index in [9.17, 15) is 4.79 Å². The molecule has 31 heavy (non-hydrogen) atoms. The normalized spacial score (nSPS) is 11.2. The molecule has 0 unspecified atom stereocenters. The van der Waals surface area contributed by atoms with Crippen molar-refractivity contribution < 1.29 is 4.42 Å². The minimum Gasteiger partial charge on any atom is -0.467 e. The number of hydrogen-bond acceptors (Lipinski definition) is 4. The van der Waals surface area contributed by atoms with Crippen LogP contribution < -0.4 is 10.9 Å². The number of hydrogen-bond donors (Lipinski definition) is 2. The van der Waals surface area contributed by atoms with E-state index in [-0.39, 0.29) is 5.56 Å². The van der Waals surface area contributed by atoms with Crippen molar-refractivity contribution in [3.05, 3.63) is 69.9 Å². The lowest BCUT2D eigenvalue weighted by molar-refractivity contribution is 0.298. The third-order valence-corrected chi connectivity index (χ3v) is 5.88. The molecule has 2 N–H and O–H groups in total. The Morgan fingerprint density at radius 1 is 1.16 bits per heavy atom. The van der Waals surface area contributed by atoms with E-state index in [4.69, 9.17) is 16.6 Å². The number of pyridine rings is 1. The topological polar surface area (TPSA) is 64.5 Å². The Morgan fingerprint density at radius 3 is 2.68 bits per heavy atom. The molecule has 0 aliphatic heterocycles. The number of nitrogens with zero attached hydrogens (tertiary/aromatic N) is 2. The van der Waals surface area contributed by atoms with Gasteiger partial charge in [0.15, 0.2) is 5.11 Å².